The zero-order valence-electron chi connectivity index (χ0n) is 10.3. The van der Waals surface area contributed by atoms with E-state index in [2.05, 4.69) is 20.5 Å². The van der Waals surface area contributed by atoms with E-state index >= 15 is 0 Å². The predicted molar refractivity (Wildman–Crippen MR) is 73.0 cm³/mol. The average Bonchev–Trinajstić information content (AvgIpc) is 2.88. The second-order valence-electron chi connectivity index (χ2n) is 4.26. The molecule has 1 amide bonds. The number of anilines is 1. The molecule has 2 heterocycles. The second-order valence-corrected chi connectivity index (χ2v) is 4.26. The van der Waals surface area contributed by atoms with Gasteiger partial charge in [-0.05, 0) is 24.6 Å². The summed E-state index contributed by atoms with van der Waals surface area (Å²) in [6.45, 7) is 1.91. The lowest BCUT2D eigenvalue weighted by Crippen LogP contribution is -2.13. The van der Waals surface area contributed by atoms with Gasteiger partial charge in [-0.1, -0.05) is 18.2 Å². The first kappa shape index (κ1) is 11.4. The van der Waals surface area contributed by atoms with Crippen molar-refractivity contribution in [1.82, 2.24) is 15.2 Å². The number of fused-ring (bicyclic) bond motifs is 1. The maximum absolute atomic E-state index is 12.2. The van der Waals surface area contributed by atoms with E-state index in [4.69, 9.17) is 0 Å². The number of aromatic amines is 1. The molecule has 0 radical (unpaired) electrons. The smallest absolute Gasteiger partial charge is 0.255 e. The molecular weight excluding hydrogens is 240 g/mol. The van der Waals surface area contributed by atoms with E-state index in [1.54, 1.807) is 24.5 Å². The summed E-state index contributed by atoms with van der Waals surface area (Å²) in [5.41, 5.74) is 2.96. The van der Waals surface area contributed by atoms with E-state index in [-0.39, 0.29) is 5.91 Å². The minimum absolute atomic E-state index is 0.133. The van der Waals surface area contributed by atoms with Gasteiger partial charge in [-0.2, -0.15) is 5.10 Å². The maximum atomic E-state index is 12.2. The van der Waals surface area contributed by atoms with Crippen LogP contribution in [0.4, 0.5) is 5.69 Å². The Balaban J connectivity index is 1.95. The Labute approximate surface area is 109 Å². The van der Waals surface area contributed by atoms with Gasteiger partial charge in [0.25, 0.3) is 5.91 Å². The quantitative estimate of drug-likeness (QED) is 0.736. The van der Waals surface area contributed by atoms with Crippen molar-refractivity contribution in [2.45, 2.75) is 6.92 Å². The van der Waals surface area contributed by atoms with E-state index < -0.39 is 0 Å². The third-order valence-electron chi connectivity index (χ3n) is 2.99. The van der Waals surface area contributed by atoms with E-state index in [1.807, 2.05) is 25.1 Å². The van der Waals surface area contributed by atoms with E-state index in [0.29, 0.717) is 16.9 Å². The number of pyridine rings is 1. The molecule has 94 valence electrons. The number of hydrogen-bond acceptors (Lipinski definition) is 3. The number of amides is 1. The largest absolute Gasteiger partial charge is 0.321 e. The highest BCUT2D eigenvalue weighted by Crippen LogP contribution is 2.20. The van der Waals surface area contributed by atoms with Crippen LogP contribution >= 0.6 is 0 Å². The lowest BCUT2D eigenvalue weighted by atomic mass is 10.1. The lowest BCUT2D eigenvalue weighted by molar-refractivity contribution is 0.102. The Bertz CT molecular complexity index is 748. The molecule has 2 N–H and O–H groups in total. The molecule has 0 atom stereocenters. The summed E-state index contributed by atoms with van der Waals surface area (Å²) in [5.74, 6) is -0.133. The molecule has 0 saturated carbocycles. The van der Waals surface area contributed by atoms with Crippen LogP contribution in [-0.4, -0.2) is 21.1 Å². The maximum Gasteiger partial charge on any atom is 0.255 e. The number of carbonyl (C=O) groups excluding carboxylic acids is 1. The first-order valence-electron chi connectivity index (χ1n) is 5.91. The van der Waals surface area contributed by atoms with Gasteiger partial charge >= 0.3 is 0 Å². The fourth-order valence-electron chi connectivity index (χ4n) is 1.98. The molecule has 0 fully saturated rings. The Hall–Kier alpha value is -2.69. The number of aryl methyl sites for hydroxylation is 1. The van der Waals surface area contributed by atoms with Crippen LogP contribution in [0.1, 0.15) is 15.9 Å². The summed E-state index contributed by atoms with van der Waals surface area (Å²) in [6.07, 6.45) is 3.28. The van der Waals surface area contributed by atoms with Crippen LogP contribution in [0.2, 0.25) is 0 Å². The van der Waals surface area contributed by atoms with Gasteiger partial charge in [0.15, 0.2) is 5.65 Å². The fourth-order valence-corrected chi connectivity index (χ4v) is 1.98. The van der Waals surface area contributed by atoms with Crippen LogP contribution in [0.15, 0.2) is 42.7 Å². The molecule has 0 bridgehead atoms. The van der Waals surface area contributed by atoms with Crippen molar-refractivity contribution in [1.29, 1.82) is 0 Å². The molecule has 0 aliphatic carbocycles. The molecule has 0 saturated heterocycles. The van der Waals surface area contributed by atoms with Gasteiger partial charge in [0, 0.05) is 11.8 Å². The number of aromatic nitrogens is 3. The molecule has 3 aromatic rings. The van der Waals surface area contributed by atoms with Crippen LogP contribution in [0.3, 0.4) is 0 Å². The Morgan fingerprint density at radius 1 is 1.26 bits per heavy atom. The molecule has 0 unspecified atom stereocenters. The van der Waals surface area contributed by atoms with Crippen molar-refractivity contribution in [2.24, 2.45) is 0 Å². The van der Waals surface area contributed by atoms with Crippen LogP contribution < -0.4 is 5.32 Å². The highest BCUT2D eigenvalue weighted by molar-refractivity contribution is 6.08. The molecule has 0 aliphatic rings. The minimum Gasteiger partial charge on any atom is -0.321 e. The van der Waals surface area contributed by atoms with E-state index in [9.17, 15) is 4.79 Å². The molecule has 5 heteroatoms. The highest BCUT2D eigenvalue weighted by Gasteiger charge is 2.11. The fraction of sp³-hybridized carbons (Fsp3) is 0.0714. The summed E-state index contributed by atoms with van der Waals surface area (Å²) in [7, 11) is 0. The average molecular weight is 252 g/mol. The van der Waals surface area contributed by atoms with E-state index in [1.165, 1.54) is 0 Å². The first-order chi connectivity index (χ1) is 9.25. The van der Waals surface area contributed by atoms with Gasteiger partial charge in [0.1, 0.15) is 0 Å². The highest BCUT2D eigenvalue weighted by atomic mass is 16.1. The van der Waals surface area contributed by atoms with Crippen molar-refractivity contribution in [3.8, 4) is 0 Å². The third kappa shape index (κ3) is 2.06. The number of carbonyl (C=O) groups is 1. The lowest BCUT2D eigenvalue weighted by Gasteiger charge is -2.07. The van der Waals surface area contributed by atoms with Crippen LogP contribution in [0.5, 0.6) is 0 Å². The zero-order chi connectivity index (χ0) is 13.2. The monoisotopic (exact) mass is 252 g/mol. The van der Waals surface area contributed by atoms with Gasteiger partial charge in [-0.25, -0.2) is 4.98 Å². The van der Waals surface area contributed by atoms with Crippen molar-refractivity contribution in [2.75, 3.05) is 5.32 Å². The van der Waals surface area contributed by atoms with Gasteiger partial charge < -0.3 is 5.32 Å². The molecule has 19 heavy (non-hydrogen) atoms. The van der Waals surface area contributed by atoms with Gasteiger partial charge in [-0.3, -0.25) is 9.89 Å². The third-order valence-corrected chi connectivity index (χ3v) is 2.99. The second kappa shape index (κ2) is 4.53. The molecule has 3 rings (SSSR count). The number of nitrogens with zero attached hydrogens (tertiary/aromatic N) is 2. The molecule has 0 aliphatic heterocycles. The number of nitrogens with one attached hydrogen (secondary N) is 2. The molecule has 0 spiro atoms. The van der Waals surface area contributed by atoms with Crippen molar-refractivity contribution in [3.63, 3.8) is 0 Å². The SMILES string of the molecule is Cc1ccccc1C(=O)Nc1ccnc2[nH]ncc12. The molecular formula is C14H12N4O. The van der Waals surface area contributed by atoms with Gasteiger partial charge in [-0.15, -0.1) is 0 Å². The minimum atomic E-state index is -0.133. The summed E-state index contributed by atoms with van der Waals surface area (Å²) in [4.78, 5) is 16.4. The topological polar surface area (TPSA) is 70.7 Å². The summed E-state index contributed by atoms with van der Waals surface area (Å²) < 4.78 is 0. The number of hydrogen-bond donors (Lipinski definition) is 2. The van der Waals surface area contributed by atoms with Crippen LogP contribution in [0.25, 0.3) is 11.0 Å². The molecule has 1 aromatic carbocycles. The van der Waals surface area contributed by atoms with Crippen molar-refractivity contribution >= 4 is 22.6 Å². The predicted octanol–water partition coefficient (Wildman–Crippen LogP) is 2.52. The zero-order valence-corrected chi connectivity index (χ0v) is 10.3. The first-order valence-corrected chi connectivity index (χ1v) is 5.91. The van der Waals surface area contributed by atoms with Gasteiger partial charge in [0.2, 0.25) is 0 Å². The van der Waals surface area contributed by atoms with Crippen LogP contribution in [-0.2, 0) is 0 Å². The molecule has 2 aromatic heterocycles. The summed E-state index contributed by atoms with van der Waals surface area (Å²) in [5, 5.41) is 10.4. The standard InChI is InChI=1S/C14H12N4O/c1-9-4-2-3-5-10(9)14(19)17-12-6-7-15-13-11(12)8-16-18-13/h2-8H,1H3,(H2,15,16,17,18,19). The van der Waals surface area contributed by atoms with Crippen molar-refractivity contribution in [3.05, 3.63) is 53.9 Å². The normalized spacial score (nSPS) is 10.6. The summed E-state index contributed by atoms with van der Waals surface area (Å²) in [6, 6.07) is 9.23. The molecule has 5 nitrogen and oxygen atoms in total. The van der Waals surface area contributed by atoms with Gasteiger partial charge in [0.05, 0.1) is 17.3 Å². The number of H-pyrrole nitrogens is 1. The number of rotatable bonds is 2. The Morgan fingerprint density at radius 2 is 2.11 bits per heavy atom. The number of benzene rings is 1. The van der Waals surface area contributed by atoms with Crippen LogP contribution in [0, 0.1) is 6.92 Å². The summed E-state index contributed by atoms with van der Waals surface area (Å²) >= 11 is 0. The van der Waals surface area contributed by atoms with E-state index in [0.717, 1.165) is 10.9 Å². The Kier molecular flexibility index (Phi) is 2.72. The van der Waals surface area contributed by atoms with Crippen molar-refractivity contribution < 1.29 is 4.79 Å². The Morgan fingerprint density at radius 3 is 2.95 bits per heavy atom.